The number of hydrogen-bond acceptors (Lipinski definition) is 6. The van der Waals surface area contributed by atoms with Crippen molar-refractivity contribution in [3.63, 3.8) is 0 Å². The maximum atomic E-state index is 12.0. The Kier molecular flexibility index (Phi) is 5.96. The maximum absolute atomic E-state index is 12.0. The molecule has 2 aromatic rings. The molecule has 0 radical (unpaired) electrons. The predicted molar refractivity (Wildman–Crippen MR) is 92.3 cm³/mol. The summed E-state index contributed by atoms with van der Waals surface area (Å²) in [5.74, 6) is 0.792. The van der Waals surface area contributed by atoms with Crippen LogP contribution >= 0.6 is 11.3 Å². The zero-order valence-electron chi connectivity index (χ0n) is 13.5. The lowest BCUT2D eigenvalue weighted by atomic mass is 10.3. The molecule has 0 bridgehead atoms. The Morgan fingerprint density at radius 3 is 2.58 bits per heavy atom. The van der Waals surface area contributed by atoms with E-state index < -0.39 is 6.03 Å². The molecule has 0 aliphatic rings. The molecule has 9 heteroatoms. The summed E-state index contributed by atoms with van der Waals surface area (Å²) in [4.78, 5) is 27.7. The Hall–Kier alpha value is -2.81. The number of urea groups is 1. The molecule has 3 amide bonds. The van der Waals surface area contributed by atoms with Gasteiger partial charge in [0.1, 0.15) is 5.69 Å². The topological polar surface area (TPSA) is 102 Å². The van der Waals surface area contributed by atoms with Gasteiger partial charge in [0.05, 0.1) is 14.2 Å². The number of nitrogens with one attached hydrogen (secondary N) is 3. The molecule has 1 aromatic carbocycles. The molecule has 1 heterocycles. The van der Waals surface area contributed by atoms with Gasteiger partial charge in [-0.25, -0.2) is 9.78 Å². The molecule has 3 N–H and O–H groups in total. The molecule has 0 saturated heterocycles. The van der Waals surface area contributed by atoms with Crippen LogP contribution in [0.25, 0.3) is 0 Å². The van der Waals surface area contributed by atoms with Crippen LogP contribution in [0.15, 0.2) is 23.6 Å². The third-order valence-corrected chi connectivity index (χ3v) is 3.69. The van der Waals surface area contributed by atoms with E-state index in [4.69, 9.17) is 9.47 Å². The van der Waals surface area contributed by atoms with Crippen molar-refractivity contribution >= 4 is 34.1 Å². The van der Waals surface area contributed by atoms with Gasteiger partial charge >= 0.3 is 6.03 Å². The van der Waals surface area contributed by atoms with Crippen LogP contribution < -0.4 is 25.4 Å². The van der Waals surface area contributed by atoms with Gasteiger partial charge in [-0.3, -0.25) is 10.1 Å². The van der Waals surface area contributed by atoms with Crippen molar-refractivity contribution in [1.29, 1.82) is 0 Å². The van der Waals surface area contributed by atoms with Crippen LogP contribution in [0.3, 0.4) is 0 Å². The molecular formula is C15H18N4O4S. The van der Waals surface area contributed by atoms with Crippen molar-refractivity contribution in [3.05, 3.63) is 29.3 Å². The Balaban J connectivity index is 1.99. The lowest BCUT2D eigenvalue weighted by molar-refractivity contribution is 0.0951. The lowest BCUT2D eigenvalue weighted by Crippen LogP contribution is -2.23. The quantitative estimate of drug-likeness (QED) is 0.743. The Morgan fingerprint density at radius 2 is 1.92 bits per heavy atom. The highest BCUT2D eigenvalue weighted by molar-refractivity contribution is 7.14. The number of carbonyl (C=O) groups is 2. The molecule has 24 heavy (non-hydrogen) atoms. The number of amides is 3. The smallest absolute Gasteiger partial charge is 0.325 e. The van der Waals surface area contributed by atoms with Crippen molar-refractivity contribution in [2.45, 2.75) is 6.92 Å². The summed E-state index contributed by atoms with van der Waals surface area (Å²) in [6.45, 7) is 2.33. The van der Waals surface area contributed by atoms with E-state index >= 15 is 0 Å². The molecule has 0 fully saturated rings. The molecular weight excluding hydrogens is 332 g/mol. The van der Waals surface area contributed by atoms with Gasteiger partial charge in [0.25, 0.3) is 5.91 Å². The molecule has 0 aliphatic carbocycles. The number of rotatable bonds is 6. The Morgan fingerprint density at radius 1 is 1.17 bits per heavy atom. The SMILES string of the molecule is CCNC(=O)c1csc(NC(=O)Nc2ccc(OC)c(OC)c2)n1. The van der Waals surface area contributed by atoms with Crippen LogP contribution in [-0.4, -0.2) is 37.7 Å². The summed E-state index contributed by atoms with van der Waals surface area (Å²) in [7, 11) is 3.05. The summed E-state index contributed by atoms with van der Waals surface area (Å²) in [5, 5.41) is 9.79. The number of thiazole rings is 1. The van der Waals surface area contributed by atoms with Crippen LogP contribution in [-0.2, 0) is 0 Å². The minimum Gasteiger partial charge on any atom is -0.493 e. The van der Waals surface area contributed by atoms with Crippen molar-refractivity contribution in [3.8, 4) is 11.5 Å². The van der Waals surface area contributed by atoms with Crippen molar-refractivity contribution in [2.75, 3.05) is 31.4 Å². The highest BCUT2D eigenvalue weighted by Gasteiger charge is 2.12. The number of benzene rings is 1. The van der Waals surface area contributed by atoms with E-state index in [0.29, 0.717) is 28.9 Å². The molecule has 2 rings (SSSR count). The first-order chi connectivity index (χ1) is 11.6. The number of aromatic nitrogens is 1. The second-order valence-electron chi connectivity index (χ2n) is 4.55. The van der Waals surface area contributed by atoms with Gasteiger partial charge in [-0.2, -0.15) is 0 Å². The second-order valence-corrected chi connectivity index (χ2v) is 5.40. The highest BCUT2D eigenvalue weighted by Crippen LogP contribution is 2.29. The number of hydrogen-bond donors (Lipinski definition) is 3. The third-order valence-electron chi connectivity index (χ3n) is 2.94. The van der Waals surface area contributed by atoms with Crippen molar-refractivity contribution in [1.82, 2.24) is 10.3 Å². The fraction of sp³-hybridized carbons (Fsp3) is 0.267. The van der Waals surface area contributed by atoms with E-state index in [-0.39, 0.29) is 11.6 Å². The van der Waals surface area contributed by atoms with Gasteiger partial charge in [-0.1, -0.05) is 0 Å². The largest absolute Gasteiger partial charge is 0.493 e. The zero-order chi connectivity index (χ0) is 17.5. The highest BCUT2D eigenvalue weighted by atomic mass is 32.1. The molecule has 8 nitrogen and oxygen atoms in total. The van der Waals surface area contributed by atoms with Gasteiger partial charge < -0.3 is 20.1 Å². The van der Waals surface area contributed by atoms with Crippen LogP contribution in [0.5, 0.6) is 11.5 Å². The first kappa shape index (κ1) is 17.5. The third kappa shape index (κ3) is 4.35. The van der Waals surface area contributed by atoms with Crippen molar-refractivity contribution < 1.29 is 19.1 Å². The fourth-order valence-electron chi connectivity index (χ4n) is 1.86. The van der Waals surface area contributed by atoms with Gasteiger partial charge in [0.15, 0.2) is 16.6 Å². The molecule has 1 aromatic heterocycles. The molecule has 0 spiro atoms. The lowest BCUT2D eigenvalue weighted by Gasteiger charge is -2.10. The number of anilines is 2. The van der Waals surface area contributed by atoms with Gasteiger partial charge in [0, 0.05) is 23.7 Å². The van der Waals surface area contributed by atoms with E-state index in [2.05, 4.69) is 20.9 Å². The van der Waals surface area contributed by atoms with E-state index in [1.807, 2.05) is 6.92 Å². The van der Waals surface area contributed by atoms with E-state index in [1.54, 1.807) is 23.6 Å². The summed E-state index contributed by atoms with van der Waals surface area (Å²) < 4.78 is 10.3. The standard InChI is InChI=1S/C15H18N4O4S/c1-4-16-13(20)10-8-24-15(18-10)19-14(21)17-9-5-6-11(22-2)12(7-9)23-3/h5-8H,4H2,1-3H3,(H,16,20)(H2,17,18,19,21). The van der Waals surface area contributed by atoms with Gasteiger partial charge in [0.2, 0.25) is 0 Å². The maximum Gasteiger partial charge on any atom is 0.325 e. The van der Waals surface area contributed by atoms with E-state index in [0.717, 1.165) is 0 Å². The first-order valence-corrected chi connectivity index (χ1v) is 7.99. The molecule has 0 aliphatic heterocycles. The molecule has 128 valence electrons. The minimum atomic E-state index is -0.473. The van der Waals surface area contributed by atoms with Crippen molar-refractivity contribution in [2.24, 2.45) is 0 Å². The number of nitrogens with zero attached hydrogens (tertiary/aromatic N) is 1. The average molecular weight is 350 g/mol. The fourth-order valence-corrected chi connectivity index (χ4v) is 2.55. The summed E-state index contributed by atoms with van der Waals surface area (Å²) in [5.41, 5.74) is 0.800. The summed E-state index contributed by atoms with van der Waals surface area (Å²) >= 11 is 1.17. The summed E-state index contributed by atoms with van der Waals surface area (Å²) in [6.07, 6.45) is 0. The second kappa shape index (κ2) is 8.16. The van der Waals surface area contributed by atoms with Gasteiger partial charge in [-0.05, 0) is 19.1 Å². The van der Waals surface area contributed by atoms with Gasteiger partial charge in [-0.15, -0.1) is 11.3 Å². The number of methoxy groups -OCH3 is 2. The molecule has 0 unspecified atom stereocenters. The van der Waals surface area contributed by atoms with Crippen LogP contribution in [0.2, 0.25) is 0 Å². The van der Waals surface area contributed by atoms with Crippen LogP contribution in [0.1, 0.15) is 17.4 Å². The van der Waals surface area contributed by atoms with E-state index in [9.17, 15) is 9.59 Å². The molecule has 0 atom stereocenters. The summed E-state index contributed by atoms with van der Waals surface area (Å²) in [6, 6.07) is 4.54. The Labute approximate surface area is 143 Å². The number of carbonyl (C=O) groups excluding carboxylic acids is 2. The monoisotopic (exact) mass is 350 g/mol. The zero-order valence-corrected chi connectivity index (χ0v) is 14.3. The Bertz CT molecular complexity index is 732. The van der Waals surface area contributed by atoms with E-state index in [1.165, 1.54) is 25.6 Å². The van der Waals surface area contributed by atoms with Crippen LogP contribution in [0, 0.1) is 0 Å². The van der Waals surface area contributed by atoms with Crippen LogP contribution in [0.4, 0.5) is 15.6 Å². The first-order valence-electron chi connectivity index (χ1n) is 7.11. The normalized spacial score (nSPS) is 9.96. The number of ether oxygens (including phenoxy) is 2. The average Bonchev–Trinajstić information content (AvgIpc) is 3.03. The molecule has 0 saturated carbocycles. The predicted octanol–water partition coefficient (Wildman–Crippen LogP) is 2.55. The minimum absolute atomic E-state index is 0.267.